The third-order valence-electron chi connectivity index (χ3n) is 2.99. The van der Waals surface area contributed by atoms with Gasteiger partial charge >= 0.3 is 0 Å². The number of hydrogen-bond donors (Lipinski definition) is 1. The van der Waals surface area contributed by atoms with E-state index in [1.54, 1.807) is 0 Å². The zero-order valence-electron chi connectivity index (χ0n) is 10.2. The van der Waals surface area contributed by atoms with Crippen molar-refractivity contribution in [1.29, 1.82) is 0 Å². The van der Waals surface area contributed by atoms with Crippen LogP contribution in [0.4, 0.5) is 0 Å². The number of benzene rings is 1. The number of ketones is 1. The number of nitrogens with two attached hydrogens (primary N) is 1. The van der Waals surface area contributed by atoms with Gasteiger partial charge in [-0.05, 0) is 37.6 Å². The highest BCUT2D eigenvalue weighted by atomic mass is 16.6. The van der Waals surface area contributed by atoms with Gasteiger partial charge in [-0.15, -0.1) is 0 Å². The van der Waals surface area contributed by atoms with E-state index in [-0.39, 0.29) is 5.78 Å². The third kappa shape index (κ3) is 2.13. The molecule has 0 saturated carbocycles. The second kappa shape index (κ2) is 4.75. The molecule has 0 aromatic heterocycles. The quantitative estimate of drug-likeness (QED) is 0.808. The second-order valence-corrected chi connectivity index (χ2v) is 4.18. The molecule has 1 heterocycles. The average molecular weight is 235 g/mol. The van der Waals surface area contributed by atoms with Gasteiger partial charge < -0.3 is 15.2 Å². The van der Waals surface area contributed by atoms with Crippen LogP contribution < -0.4 is 15.2 Å². The summed E-state index contributed by atoms with van der Waals surface area (Å²) in [7, 11) is 0. The summed E-state index contributed by atoms with van der Waals surface area (Å²) in [4.78, 5) is 12.0. The number of aryl methyl sites for hydroxylation is 1. The minimum atomic E-state index is 0.0114. The Kier molecular flexibility index (Phi) is 3.33. The molecule has 4 heteroatoms. The molecular weight excluding hydrogens is 218 g/mol. The number of carbonyl (C=O) groups excluding carboxylic acids is 1. The molecule has 1 aliphatic rings. The minimum absolute atomic E-state index is 0.0114. The van der Waals surface area contributed by atoms with Crippen molar-refractivity contribution in [3.05, 3.63) is 22.8 Å². The van der Waals surface area contributed by atoms with Crippen LogP contribution in [0.25, 0.3) is 0 Å². The molecule has 1 aromatic rings. The number of carbonyl (C=O) groups is 1. The van der Waals surface area contributed by atoms with Gasteiger partial charge in [0.25, 0.3) is 0 Å². The zero-order chi connectivity index (χ0) is 12.4. The van der Waals surface area contributed by atoms with E-state index < -0.39 is 0 Å². The van der Waals surface area contributed by atoms with E-state index in [2.05, 4.69) is 0 Å². The van der Waals surface area contributed by atoms with Gasteiger partial charge in [0.1, 0.15) is 13.2 Å². The summed E-state index contributed by atoms with van der Waals surface area (Å²) in [5.41, 5.74) is 8.08. The van der Waals surface area contributed by atoms with Gasteiger partial charge in [-0.3, -0.25) is 4.79 Å². The maximum absolute atomic E-state index is 12.0. The molecule has 2 N–H and O–H groups in total. The van der Waals surface area contributed by atoms with Gasteiger partial charge in [-0.1, -0.05) is 0 Å². The van der Waals surface area contributed by atoms with Gasteiger partial charge in [-0.25, -0.2) is 0 Å². The van der Waals surface area contributed by atoms with Gasteiger partial charge in [0.2, 0.25) is 0 Å². The molecule has 0 radical (unpaired) electrons. The van der Waals surface area contributed by atoms with E-state index in [1.807, 2.05) is 19.9 Å². The van der Waals surface area contributed by atoms with Crippen LogP contribution in [0.3, 0.4) is 0 Å². The molecule has 92 valence electrons. The van der Waals surface area contributed by atoms with E-state index >= 15 is 0 Å². The summed E-state index contributed by atoms with van der Waals surface area (Å²) in [6, 6.07) is 1.86. The first-order valence-corrected chi connectivity index (χ1v) is 5.78. The summed E-state index contributed by atoms with van der Waals surface area (Å²) < 4.78 is 11.2. The standard InChI is InChI=1S/C13H17NO3/c1-8-7-10(11(15)3-4-14)13-12(9(8)2)16-5-6-17-13/h7H,3-6,14H2,1-2H3. The molecule has 0 saturated heterocycles. The monoisotopic (exact) mass is 235 g/mol. The molecule has 1 aromatic carbocycles. The van der Waals surface area contributed by atoms with Crippen LogP contribution in [0.1, 0.15) is 27.9 Å². The van der Waals surface area contributed by atoms with Gasteiger partial charge in [-0.2, -0.15) is 0 Å². The highest BCUT2D eigenvalue weighted by Gasteiger charge is 2.23. The Morgan fingerprint density at radius 1 is 1.29 bits per heavy atom. The molecule has 1 aliphatic heterocycles. The summed E-state index contributed by atoms with van der Waals surface area (Å²) in [6.45, 7) is 5.30. The van der Waals surface area contributed by atoms with Crippen molar-refractivity contribution in [2.75, 3.05) is 19.8 Å². The average Bonchev–Trinajstić information content (AvgIpc) is 2.34. The Labute approximate surface area is 101 Å². The molecule has 17 heavy (non-hydrogen) atoms. The van der Waals surface area contributed by atoms with E-state index in [1.165, 1.54) is 0 Å². The first-order valence-electron chi connectivity index (χ1n) is 5.78. The maximum Gasteiger partial charge on any atom is 0.172 e. The molecule has 0 fully saturated rings. The number of ether oxygens (including phenoxy) is 2. The Morgan fingerprint density at radius 2 is 1.94 bits per heavy atom. The van der Waals surface area contributed by atoms with E-state index in [0.717, 1.165) is 11.1 Å². The molecule has 2 rings (SSSR count). The number of rotatable bonds is 3. The first kappa shape index (κ1) is 11.9. The summed E-state index contributed by atoms with van der Waals surface area (Å²) in [6.07, 6.45) is 0.332. The Hall–Kier alpha value is -1.55. The van der Waals surface area contributed by atoms with Crippen LogP contribution in [-0.2, 0) is 0 Å². The molecule has 4 nitrogen and oxygen atoms in total. The predicted octanol–water partition coefficient (Wildman–Crippen LogP) is 1.61. The van der Waals surface area contributed by atoms with Crippen molar-refractivity contribution < 1.29 is 14.3 Å². The van der Waals surface area contributed by atoms with Crippen molar-refractivity contribution in [2.24, 2.45) is 5.73 Å². The van der Waals surface area contributed by atoms with E-state index in [9.17, 15) is 4.79 Å². The molecule has 0 bridgehead atoms. The number of hydrogen-bond acceptors (Lipinski definition) is 4. The maximum atomic E-state index is 12.0. The van der Waals surface area contributed by atoms with E-state index in [4.69, 9.17) is 15.2 Å². The van der Waals surface area contributed by atoms with Gasteiger partial charge in [0.15, 0.2) is 17.3 Å². The fourth-order valence-corrected chi connectivity index (χ4v) is 1.94. The van der Waals surface area contributed by atoms with Crippen LogP contribution >= 0.6 is 0 Å². The first-order chi connectivity index (χ1) is 8.15. The normalized spacial score (nSPS) is 13.6. The van der Waals surface area contributed by atoms with Crippen molar-refractivity contribution in [3.63, 3.8) is 0 Å². The third-order valence-corrected chi connectivity index (χ3v) is 2.99. The molecule has 0 unspecified atom stereocenters. The van der Waals surface area contributed by atoms with Gasteiger partial charge in [0, 0.05) is 6.42 Å². The van der Waals surface area contributed by atoms with Crippen LogP contribution in [-0.4, -0.2) is 25.5 Å². The van der Waals surface area contributed by atoms with Crippen molar-refractivity contribution >= 4 is 5.78 Å². The van der Waals surface area contributed by atoms with Crippen LogP contribution in [0.5, 0.6) is 11.5 Å². The van der Waals surface area contributed by atoms with Crippen LogP contribution in [0.2, 0.25) is 0 Å². The lowest BCUT2D eigenvalue weighted by Crippen LogP contribution is -2.20. The zero-order valence-corrected chi connectivity index (χ0v) is 10.2. The predicted molar refractivity (Wildman–Crippen MR) is 64.9 cm³/mol. The summed E-state index contributed by atoms with van der Waals surface area (Å²) in [5.74, 6) is 1.30. The fourth-order valence-electron chi connectivity index (χ4n) is 1.94. The largest absolute Gasteiger partial charge is 0.486 e. The second-order valence-electron chi connectivity index (χ2n) is 4.18. The van der Waals surface area contributed by atoms with Crippen molar-refractivity contribution in [3.8, 4) is 11.5 Å². The van der Waals surface area contributed by atoms with Crippen LogP contribution in [0, 0.1) is 13.8 Å². The summed E-state index contributed by atoms with van der Waals surface area (Å²) >= 11 is 0. The number of fused-ring (bicyclic) bond motifs is 1. The lowest BCUT2D eigenvalue weighted by Gasteiger charge is -2.23. The Bertz CT molecular complexity index is 454. The van der Waals surface area contributed by atoms with Crippen molar-refractivity contribution in [1.82, 2.24) is 0 Å². The minimum Gasteiger partial charge on any atom is -0.486 e. The molecule has 0 atom stereocenters. The molecule has 0 aliphatic carbocycles. The smallest absolute Gasteiger partial charge is 0.172 e. The molecular formula is C13H17NO3. The topological polar surface area (TPSA) is 61.6 Å². The highest BCUT2D eigenvalue weighted by Crippen LogP contribution is 2.39. The molecule has 0 amide bonds. The van der Waals surface area contributed by atoms with E-state index in [0.29, 0.717) is 43.2 Å². The lowest BCUT2D eigenvalue weighted by atomic mass is 9.99. The van der Waals surface area contributed by atoms with Gasteiger partial charge in [0.05, 0.1) is 5.56 Å². The highest BCUT2D eigenvalue weighted by molar-refractivity contribution is 6.00. The molecule has 0 spiro atoms. The Morgan fingerprint density at radius 3 is 2.59 bits per heavy atom. The Balaban J connectivity index is 2.52. The van der Waals surface area contributed by atoms with Crippen LogP contribution in [0.15, 0.2) is 6.07 Å². The van der Waals surface area contributed by atoms with Crippen molar-refractivity contribution in [2.45, 2.75) is 20.3 Å². The lowest BCUT2D eigenvalue weighted by molar-refractivity contribution is 0.0974. The SMILES string of the molecule is Cc1cc(C(=O)CCN)c2c(c1C)OCCO2. The summed E-state index contributed by atoms with van der Waals surface area (Å²) in [5, 5.41) is 0. The fraction of sp³-hybridized carbons (Fsp3) is 0.462. The number of Topliss-reactive ketones (excluding diaryl/α,β-unsaturated/α-hetero) is 1.